The number of nitrogens with one attached hydrogen (secondary N) is 2. The van der Waals surface area contributed by atoms with Gasteiger partial charge in [0.2, 0.25) is 6.79 Å². The number of anilines is 2. The third-order valence-electron chi connectivity index (χ3n) is 4.29. The number of rotatable bonds is 4. The fourth-order valence-electron chi connectivity index (χ4n) is 2.91. The Kier molecular flexibility index (Phi) is 4.68. The number of ether oxygens (including phenoxy) is 2. The van der Waals surface area contributed by atoms with Crippen molar-refractivity contribution in [2.24, 2.45) is 0 Å². The summed E-state index contributed by atoms with van der Waals surface area (Å²) in [6, 6.07) is 19.3. The highest BCUT2D eigenvalue weighted by Gasteiger charge is 2.15. The summed E-state index contributed by atoms with van der Waals surface area (Å²) in [5.74, 6) is 0.643. The van der Waals surface area contributed by atoms with Crippen LogP contribution in [-0.4, -0.2) is 18.6 Å². The van der Waals surface area contributed by atoms with Crippen LogP contribution >= 0.6 is 0 Å². The van der Waals surface area contributed by atoms with Gasteiger partial charge >= 0.3 is 0 Å². The van der Waals surface area contributed by atoms with Gasteiger partial charge in [0.25, 0.3) is 11.8 Å². The molecule has 0 radical (unpaired) electrons. The van der Waals surface area contributed by atoms with Crippen LogP contribution in [0.5, 0.6) is 11.5 Å². The lowest BCUT2D eigenvalue weighted by molar-refractivity contribution is 0.102. The molecule has 6 heteroatoms. The van der Waals surface area contributed by atoms with E-state index < -0.39 is 0 Å². The number of carbonyl (C=O) groups excluding carboxylic acids is 2. The molecule has 2 amide bonds. The molecule has 0 saturated heterocycles. The fraction of sp³-hybridized carbons (Fsp3) is 0.0909. The standard InChI is InChI=1S/C22H18N2O4/c1-14-4-2-7-17(10-14)23-21(25)15-5-3-6-16(11-15)22(26)24-18-8-9-19-20(12-18)28-13-27-19/h2-12H,13H2,1H3,(H,23,25)(H,24,26). The van der Waals surface area contributed by atoms with E-state index in [1.54, 1.807) is 42.5 Å². The minimum atomic E-state index is -0.316. The van der Waals surface area contributed by atoms with E-state index in [4.69, 9.17) is 9.47 Å². The van der Waals surface area contributed by atoms with Gasteiger partial charge in [-0.15, -0.1) is 0 Å². The molecule has 0 saturated carbocycles. The second-order valence-corrected chi connectivity index (χ2v) is 6.43. The molecule has 1 heterocycles. The first-order chi connectivity index (χ1) is 13.6. The monoisotopic (exact) mass is 374 g/mol. The number of amides is 2. The topological polar surface area (TPSA) is 76.7 Å². The lowest BCUT2D eigenvalue weighted by Gasteiger charge is -2.09. The molecule has 1 aliphatic rings. The van der Waals surface area contributed by atoms with E-state index in [0.717, 1.165) is 5.56 Å². The second kappa shape index (κ2) is 7.44. The van der Waals surface area contributed by atoms with Gasteiger partial charge in [0.05, 0.1) is 0 Å². The maximum atomic E-state index is 12.6. The summed E-state index contributed by atoms with van der Waals surface area (Å²) in [4.78, 5) is 25.1. The molecule has 0 aliphatic carbocycles. The Balaban J connectivity index is 1.48. The highest BCUT2D eigenvalue weighted by Crippen LogP contribution is 2.34. The summed E-state index contributed by atoms with van der Waals surface area (Å²) < 4.78 is 10.6. The third-order valence-corrected chi connectivity index (χ3v) is 4.29. The maximum Gasteiger partial charge on any atom is 0.255 e. The molecule has 4 rings (SSSR count). The highest BCUT2D eigenvalue weighted by atomic mass is 16.7. The van der Waals surface area contributed by atoms with Crippen molar-refractivity contribution >= 4 is 23.2 Å². The Hall–Kier alpha value is -3.80. The van der Waals surface area contributed by atoms with Crippen LogP contribution in [0.3, 0.4) is 0 Å². The van der Waals surface area contributed by atoms with Crippen molar-refractivity contribution in [1.29, 1.82) is 0 Å². The Morgan fingerprint density at radius 2 is 1.39 bits per heavy atom. The van der Waals surface area contributed by atoms with Crippen LogP contribution in [0.1, 0.15) is 26.3 Å². The van der Waals surface area contributed by atoms with Crippen molar-refractivity contribution in [3.8, 4) is 11.5 Å². The molecule has 0 atom stereocenters. The molecule has 0 unspecified atom stereocenters. The molecule has 3 aromatic rings. The van der Waals surface area contributed by atoms with Crippen LogP contribution < -0.4 is 20.1 Å². The molecule has 140 valence electrons. The second-order valence-electron chi connectivity index (χ2n) is 6.43. The average Bonchev–Trinajstić information content (AvgIpc) is 3.16. The molecule has 3 aromatic carbocycles. The molecular formula is C22H18N2O4. The molecule has 0 bridgehead atoms. The number of hydrogen-bond acceptors (Lipinski definition) is 4. The molecular weight excluding hydrogens is 356 g/mol. The zero-order chi connectivity index (χ0) is 19.5. The first-order valence-corrected chi connectivity index (χ1v) is 8.77. The lowest BCUT2D eigenvalue weighted by Crippen LogP contribution is -2.15. The summed E-state index contributed by atoms with van der Waals surface area (Å²) in [7, 11) is 0. The van der Waals surface area contributed by atoms with Crippen LogP contribution in [0.2, 0.25) is 0 Å². The number of benzene rings is 3. The van der Waals surface area contributed by atoms with Crippen LogP contribution in [-0.2, 0) is 0 Å². The SMILES string of the molecule is Cc1cccc(NC(=O)c2cccc(C(=O)Nc3ccc4c(c3)OCO4)c2)c1. The normalized spacial score (nSPS) is 11.8. The van der Waals surface area contributed by atoms with Gasteiger partial charge < -0.3 is 20.1 Å². The van der Waals surface area contributed by atoms with E-state index in [0.29, 0.717) is 34.0 Å². The summed E-state index contributed by atoms with van der Waals surface area (Å²) in [5, 5.41) is 5.65. The smallest absolute Gasteiger partial charge is 0.255 e. The van der Waals surface area contributed by atoms with Crippen molar-refractivity contribution in [3.05, 3.63) is 83.4 Å². The third kappa shape index (κ3) is 3.81. The number of aryl methyl sites for hydroxylation is 1. The van der Waals surface area contributed by atoms with E-state index in [9.17, 15) is 9.59 Å². The van der Waals surface area contributed by atoms with E-state index in [1.165, 1.54) is 0 Å². The Morgan fingerprint density at radius 3 is 2.11 bits per heavy atom. The molecule has 28 heavy (non-hydrogen) atoms. The first kappa shape index (κ1) is 17.6. The maximum absolute atomic E-state index is 12.6. The molecule has 2 N–H and O–H groups in total. The zero-order valence-corrected chi connectivity index (χ0v) is 15.2. The molecule has 6 nitrogen and oxygen atoms in total. The minimum Gasteiger partial charge on any atom is -0.454 e. The Morgan fingerprint density at radius 1 is 0.750 bits per heavy atom. The van der Waals surface area contributed by atoms with Gasteiger partial charge in [-0.2, -0.15) is 0 Å². The van der Waals surface area contributed by atoms with Crippen molar-refractivity contribution in [2.45, 2.75) is 6.92 Å². The van der Waals surface area contributed by atoms with Crippen molar-refractivity contribution in [1.82, 2.24) is 0 Å². The van der Waals surface area contributed by atoms with Crippen LogP contribution in [0.15, 0.2) is 66.7 Å². The first-order valence-electron chi connectivity index (χ1n) is 8.77. The van der Waals surface area contributed by atoms with E-state index in [-0.39, 0.29) is 18.6 Å². The van der Waals surface area contributed by atoms with E-state index in [2.05, 4.69) is 10.6 Å². The Labute approximate surface area is 162 Å². The molecule has 0 fully saturated rings. The average molecular weight is 374 g/mol. The van der Waals surface area contributed by atoms with Crippen molar-refractivity contribution in [3.63, 3.8) is 0 Å². The van der Waals surface area contributed by atoms with Gasteiger partial charge in [-0.1, -0.05) is 18.2 Å². The largest absolute Gasteiger partial charge is 0.454 e. The number of carbonyl (C=O) groups is 2. The molecule has 0 spiro atoms. The van der Waals surface area contributed by atoms with Crippen molar-refractivity contribution < 1.29 is 19.1 Å². The highest BCUT2D eigenvalue weighted by molar-refractivity contribution is 6.08. The van der Waals surface area contributed by atoms with Gasteiger partial charge in [0.1, 0.15) is 0 Å². The van der Waals surface area contributed by atoms with Gasteiger partial charge in [0, 0.05) is 28.6 Å². The van der Waals surface area contributed by atoms with Crippen LogP contribution in [0.25, 0.3) is 0 Å². The minimum absolute atomic E-state index is 0.171. The molecule has 1 aliphatic heterocycles. The van der Waals surface area contributed by atoms with Crippen LogP contribution in [0.4, 0.5) is 11.4 Å². The quantitative estimate of drug-likeness (QED) is 0.717. The Bertz CT molecular complexity index is 1060. The predicted octanol–water partition coefficient (Wildman–Crippen LogP) is 4.23. The predicted molar refractivity (Wildman–Crippen MR) is 106 cm³/mol. The number of hydrogen-bond donors (Lipinski definition) is 2. The van der Waals surface area contributed by atoms with Gasteiger partial charge in [-0.25, -0.2) is 0 Å². The fourth-order valence-corrected chi connectivity index (χ4v) is 2.91. The number of fused-ring (bicyclic) bond motifs is 1. The van der Waals surface area contributed by atoms with Gasteiger partial charge in [0.15, 0.2) is 11.5 Å². The molecule has 0 aromatic heterocycles. The lowest BCUT2D eigenvalue weighted by atomic mass is 10.1. The van der Waals surface area contributed by atoms with Crippen LogP contribution in [0, 0.1) is 6.92 Å². The van der Waals surface area contributed by atoms with Gasteiger partial charge in [-0.05, 0) is 55.0 Å². The summed E-state index contributed by atoms with van der Waals surface area (Å²) >= 11 is 0. The zero-order valence-electron chi connectivity index (χ0n) is 15.2. The van der Waals surface area contributed by atoms with E-state index in [1.807, 2.05) is 31.2 Å². The summed E-state index contributed by atoms with van der Waals surface area (Å²) in [6.07, 6.45) is 0. The summed E-state index contributed by atoms with van der Waals surface area (Å²) in [5.41, 5.74) is 3.13. The van der Waals surface area contributed by atoms with Crippen molar-refractivity contribution in [2.75, 3.05) is 17.4 Å². The summed E-state index contributed by atoms with van der Waals surface area (Å²) in [6.45, 7) is 2.13. The van der Waals surface area contributed by atoms with Gasteiger partial charge in [-0.3, -0.25) is 9.59 Å². The van der Waals surface area contributed by atoms with E-state index >= 15 is 0 Å².